The van der Waals surface area contributed by atoms with E-state index in [1.807, 2.05) is 12.3 Å². The summed E-state index contributed by atoms with van der Waals surface area (Å²) in [7, 11) is 1.53. The van der Waals surface area contributed by atoms with Crippen LogP contribution in [0, 0.1) is 6.92 Å². The molecular weight excluding hydrogens is 430 g/mol. The van der Waals surface area contributed by atoms with Crippen LogP contribution in [0.1, 0.15) is 32.1 Å². The molecule has 1 N–H and O–H groups in total. The molecule has 0 aliphatic rings. The summed E-state index contributed by atoms with van der Waals surface area (Å²) >= 11 is 1.35. The second-order valence-electron chi connectivity index (χ2n) is 6.92. The standard InChI is InChI=1S/C23H19N3O5S/c1-14-13-32-23-25-18(11-20(27)26(14)23)12-31-22(29)15-6-8-17(9-7-15)24-21(28)16-4-3-5-19(10-16)30-2/h3-11,13H,12H2,1-2H3,(H,24,28). The van der Waals surface area contributed by atoms with Gasteiger partial charge in [-0.1, -0.05) is 6.07 Å². The average molecular weight is 449 g/mol. The first-order chi connectivity index (χ1) is 15.4. The van der Waals surface area contributed by atoms with Gasteiger partial charge in [0, 0.05) is 28.4 Å². The summed E-state index contributed by atoms with van der Waals surface area (Å²) in [6.45, 7) is 1.71. The lowest BCUT2D eigenvalue weighted by Gasteiger charge is -2.08. The minimum absolute atomic E-state index is 0.115. The van der Waals surface area contributed by atoms with Crippen LogP contribution >= 0.6 is 11.3 Å². The molecule has 8 nitrogen and oxygen atoms in total. The maximum Gasteiger partial charge on any atom is 0.338 e. The van der Waals surface area contributed by atoms with Crippen molar-refractivity contribution in [1.82, 2.24) is 9.38 Å². The van der Waals surface area contributed by atoms with Gasteiger partial charge < -0.3 is 14.8 Å². The number of carbonyl (C=O) groups excluding carboxylic acids is 2. The number of nitrogens with one attached hydrogen (secondary N) is 1. The van der Waals surface area contributed by atoms with Gasteiger partial charge in [-0.05, 0) is 49.4 Å². The third-order valence-electron chi connectivity index (χ3n) is 4.69. The van der Waals surface area contributed by atoms with Gasteiger partial charge in [-0.15, -0.1) is 11.3 Å². The first kappa shape index (κ1) is 21.3. The molecule has 0 saturated carbocycles. The zero-order chi connectivity index (χ0) is 22.7. The number of ether oxygens (including phenoxy) is 2. The molecule has 32 heavy (non-hydrogen) atoms. The van der Waals surface area contributed by atoms with Crippen LogP contribution in [-0.4, -0.2) is 28.4 Å². The number of rotatable bonds is 6. The van der Waals surface area contributed by atoms with Crippen molar-refractivity contribution >= 4 is 33.9 Å². The molecule has 0 radical (unpaired) electrons. The summed E-state index contributed by atoms with van der Waals surface area (Å²) in [5.74, 6) is -0.267. The summed E-state index contributed by atoms with van der Waals surface area (Å²) in [6.07, 6.45) is 0. The first-order valence-electron chi connectivity index (χ1n) is 9.64. The number of aromatic nitrogens is 2. The maximum absolute atomic E-state index is 12.4. The summed E-state index contributed by atoms with van der Waals surface area (Å²) in [5.41, 5.74) is 2.28. The minimum atomic E-state index is -0.556. The third kappa shape index (κ3) is 4.52. The Bertz CT molecular complexity index is 1360. The number of benzene rings is 2. The topological polar surface area (TPSA) is 99.0 Å². The molecular formula is C23H19N3O5S. The molecule has 0 saturated heterocycles. The van der Waals surface area contributed by atoms with Gasteiger partial charge in [-0.25, -0.2) is 9.78 Å². The van der Waals surface area contributed by atoms with Gasteiger partial charge >= 0.3 is 5.97 Å². The van der Waals surface area contributed by atoms with E-state index in [-0.39, 0.29) is 18.1 Å². The molecule has 4 rings (SSSR count). The van der Waals surface area contributed by atoms with E-state index in [1.54, 1.807) is 48.5 Å². The molecule has 0 unspecified atom stereocenters. The van der Waals surface area contributed by atoms with Crippen molar-refractivity contribution in [1.29, 1.82) is 0 Å². The Kier molecular flexibility index (Phi) is 6.00. The zero-order valence-electron chi connectivity index (χ0n) is 17.3. The number of hydrogen-bond acceptors (Lipinski definition) is 7. The van der Waals surface area contributed by atoms with Gasteiger partial charge in [0.1, 0.15) is 12.4 Å². The van der Waals surface area contributed by atoms with E-state index in [9.17, 15) is 14.4 Å². The van der Waals surface area contributed by atoms with Gasteiger partial charge in [0.2, 0.25) is 0 Å². The van der Waals surface area contributed by atoms with Crippen LogP contribution < -0.4 is 15.6 Å². The van der Waals surface area contributed by atoms with E-state index in [0.717, 1.165) is 5.69 Å². The molecule has 2 aromatic carbocycles. The van der Waals surface area contributed by atoms with Crippen molar-refractivity contribution < 1.29 is 19.1 Å². The van der Waals surface area contributed by atoms with Crippen molar-refractivity contribution in [2.75, 3.05) is 12.4 Å². The number of esters is 1. The Hall–Kier alpha value is -3.98. The van der Waals surface area contributed by atoms with Crippen molar-refractivity contribution in [2.24, 2.45) is 0 Å². The molecule has 0 aliphatic carbocycles. The fourth-order valence-electron chi connectivity index (χ4n) is 3.05. The SMILES string of the molecule is COc1cccc(C(=O)Nc2ccc(C(=O)OCc3cc(=O)n4c(C)csc4n3)cc2)c1. The van der Waals surface area contributed by atoms with Gasteiger partial charge in [0.05, 0.1) is 18.4 Å². The number of thiazole rings is 1. The molecule has 1 amide bonds. The number of amides is 1. The van der Waals surface area contributed by atoms with Crippen LogP contribution in [0.5, 0.6) is 5.75 Å². The molecule has 162 valence electrons. The quantitative estimate of drug-likeness (QED) is 0.451. The van der Waals surface area contributed by atoms with Crippen molar-refractivity contribution in [2.45, 2.75) is 13.5 Å². The molecule has 2 aromatic heterocycles. The van der Waals surface area contributed by atoms with E-state index in [1.165, 1.54) is 28.9 Å². The molecule has 9 heteroatoms. The molecule has 0 atom stereocenters. The Balaban J connectivity index is 1.39. The van der Waals surface area contributed by atoms with E-state index < -0.39 is 5.97 Å². The fraction of sp³-hybridized carbons (Fsp3) is 0.130. The van der Waals surface area contributed by atoms with Crippen LogP contribution in [0.3, 0.4) is 0 Å². The van der Waals surface area contributed by atoms with Gasteiger partial charge in [0.15, 0.2) is 4.96 Å². The van der Waals surface area contributed by atoms with Crippen molar-refractivity contribution in [3.05, 3.63) is 92.8 Å². The number of fused-ring (bicyclic) bond motifs is 1. The summed E-state index contributed by atoms with van der Waals surface area (Å²) < 4.78 is 11.9. The molecule has 4 aromatic rings. The highest BCUT2D eigenvalue weighted by Crippen LogP contribution is 2.16. The lowest BCUT2D eigenvalue weighted by Crippen LogP contribution is -2.16. The predicted octanol–water partition coefficient (Wildman–Crippen LogP) is 3.68. The van der Waals surface area contributed by atoms with Crippen LogP contribution in [-0.2, 0) is 11.3 Å². The minimum Gasteiger partial charge on any atom is -0.497 e. The number of anilines is 1. The second-order valence-corrected chi connectivity index (χ2v) is 7.76. The molecule has 0 spiro atoms. The van der Waals surface area contributed by atoms with Crippen LogP contribution in [0.15, 0.2) is 64.8 Å². The number of nitrogens with zero attached hydrogens (tertiary/aromatic N) is 2. The Morgan fingerprint density at radius 2 is 1.88 bits per heavy atom. The van der Waals surface area contributed by atoms with Crippen LogP contribution in [0.2, 0.25) is 0 Å². The van der Waals surface area contributed by atoms with Gasteiger partial charge in [-0.3, -0.25) is 14.0 Å². The molecule has 2 heterocycles. The van der Waals surface area contributed by atoms with E-state index >= 15 is 0 Å². The lowest BCUT2D eigenvalue weighted by molar-refractivity contribution is 0.0467. The lowest BCUT2D eigenvalue weighted by atomic mass is 10.1. The van der Waals surface area contributed by atoms with Crippen LogP contribution in [0.4, 0.5) is 5.69 Å². The van der Waals surface area contributed by atoms with Gasteiger partial charge in [-0.2, -0.15) is 0 Å². The summed E-state index contributed by atoms with van der Waals surface area (Å²) in [4.78, 5) is 41.9. The highest BCUT2D eigenvalue weighted by atomic mass is 32.1. The zero-order valence-corrected chi connectivity index (χ0v) is 18.1. The third-order valence-corrected chi connectivity index (χ3v) is 5.63. The second kappa shape index (κ2) is 9.03. The van der Waals surface area contributed by atoms with E-state index in [0.29, 0.717) is 33.2 Å². The largest absolute Gasteiger partial charge is 0.497 e. The monoisotopic (exact) mass is 449 g/mol. The normalized spacial score (nSPS) is 10.7. The average Bonchev–Trinajstić information content (AvgIpc) is 3.19. The predicted molar refractivity (Wildman–Crippen MR) is 121 cm³/mol. The number of carbonyl (C=O) groups is 2. The fourth-order valence-corrected chi connectivity index (χ4v) is 3.95. The highest BCUT2D eigenvalue weighted by Gasteiger charge is 2.12. The Morgan fingerprint density at radius 1 is 1.09 bits per heavy atom. The Morgan fingerprint density at radius 3 is 2.62 bits per heavy atom. The molecule has 0 bridgehead atoms. The van der Waals surface area contributed by atoms with Gasteiger partial charge in [0.25, 0.3) is 11.5 Å². The summed E-state index contributed by atoms with van der Waals surface area (Å²) in [6, 6.07) is 14.5. The van der Waals surface area contributed by atoms with E-state index in [4.69, 9.17) is 9.47 Å². The number of methoxy groups -OCH3 is 1. The molecule has 0 fully saturated rings. The van der Waals surface area contributed by atoms with Crippen molar-refractivity contribution in [3.63, 3.8) is 0 Å². The maximum atomic E-state index is 12.4. The van der Waals surface area contributed by atoms with E-state index in [2.05, 4.69) is 10.3 Å². The smallest absolute Gasteiger partial charge is 0.338 e. The first-order valence-corrected chi connectivity index (χ1v) is 10.5. The molecule has 0 aliphatic heterocycles. The Labute approximate surface area is 187 Å². The number of aryl methyl sites for hydroxylation is 1. The highest BCUT2D eigenvalue weighted by molar-refractivity contribution is 7.15. The van der Waals surface area contributed by atoms with Crippen LogP contribution in [0.25, 0.3) is 4.96 Å². The number of hydrogen-bond donors (Lipinski definition) is 1. The van der Waals surface area contributed by atoms with Crippen molar-refractivity contribution in [3.8, 4) is 5.75 Å². The summed E-state index contributed by atoms with van der Waals surface area (Å²) in [5, 5.41) is 4.61.